The summed E-state index contributed by atoms with van der Waals surface area (Å²) in [4.78, 5) is 8.50. The van der Waals surface area contributed by atoms with Crippen molar-refractivity contribution in [3.63, 3.8) is 0 Å². The minimum Gasteiger partial charge on any atom is -0.355 e. The van der Waals surface area contributed by atoms with Gasteiger partial charge in [0.1, 0.15) is 5.82 Å². The summed E-state index contributed by atoms with van der Waals surface area (Å²) in [6.07, 6.45) is 1.91. The molecule has 1 aliphatic heterocycles. The molecule has 0 amide bonds. The molecule has 53 heavy (non-hydrogen) atoms. The molecule has 4 nitrogen and oxygen atoms in total. The van der Waals surface area contributed by atoms with Crippen LogP contribution >= 0.6 is 0 Å². The third-order valence-electron chi connectivity index (χ3n) is 11.0. The van der Waals surface area contributed by atoms with Gasteiger partial charge in [-0.3, -0.25) is 0 Å². The second-order valence-electron chi connectivity index (χ2n) is 14.9. The van der Waals surface area contributed by atoms with Gasteiger partial charge in [-0.2, -0.15) is 36.4 Å². The SMILES string of the molecule is [2H]C([2H])([2H])N1CN(c2[c-]c(C3(c4[c-]c5c(cc4)c4ccccc4n5-c4cc(C(C)(C)C)ccn4)c4ccccc4-c4ccccc43)ccc2)c2ccccc21.[Pt+2]. The van der Waals surface area contributed by atoms with Gasteiger partial charge in [-0.25, -0.2) is 4.98 Å². The minimum absolute atomic E-state index is 0. The quantitative estimate of drug-likeness (QED) is 0.165. The molecule has 0 N–H and O–H groups in total. The summed E-state index contributed by atoms with van der Waals surface area (Å²) < 4.78 is 27.3. The van der Waals surface area contributed by atoms with Gasteiger partial charge in [-0.05, 0) is 69.0 Å². The molecule has 0 saturated heterocycles. The number of hydrogen-bond donors (Lipinski definition) is 0. The Bertz CT molecular complexity index is 2770. The summed E-state index contributed by atoms with van der Waals surface area (Å²) in [5, 5.41) is 2.25. The van der Waals surface area contributed by atoms with Crippen LogP contribution in [0.15, 0.2) is 146 Å². The summed E-state index contributed by atoms with van der Waals surface area (Å²) in [5.41, 5.74) is 11.3. The van der Waals surface area contributed by atoms with E-state index in [1.165, 1.54) is 21.6 Å². The minimum atomic E-state index is -2.29. The molecule has 0 bridgehead atoms. The smallest absolute Gasteiger partial charge is 0.355 e. The maximum atomic E-state index is 8.34. The Balaban J connectivity index is 0.00000410. The first-order chi connectivity index (χ1) is 26.5. The van der Waals surface area contributed by atoms with Crippen molar-refractivity contribution in [2.24, 2.45) is 0 Å². The fourth-order valence-corrected chi connectivity index (χ4v) is 8.57. The number of nitrogens with zero attached hydrogens (tertiary/aromatic N) is 4. The summed E-state index contributed by atoms with van der Waals surface area (Å²) in [5.74, 6) is 0.855. The van der Waals surface area contributed by atoms with E-state index < -0.39 is 12.4 Å². The number of benzene rings is 6. The first-order valence-corrected chi connectivity index (χ1v) is 17.8. The molecular weight excluding hydrogens is 828 g/mol. The van der Waals surface area contributed by atoms with Crippen molar-refractivity contribution in [3.05, 3.63) is 186 Å². The van der Waals surface area contributed by atoms with Crippen molar-refractivity contribution < 1.29 is 25.2 Å². The van der Waals surface area contributed by atoms with Crippen molar-refractivity contribution in [3.8, 4) is 16.9 Å². The Hall–Kier alpha value is -5.44. The Morgan fingerprint density at radius 2 is 1.36 bits per heavy atom. The Kier molecular flexibility index (Phi) is 6.99. The van der Waals surface area contributed by atoms with Gasteiger partial charge in [0.25, 0.3) is 0 Å². The zero-order valence-electron chi connectivity index (χ0n) is 32.7. The van der Waals surface area contributed by atoms with Gasteiger partial charge >= 0.3 is 21.1 Å². The number of aromatic nitrogens is 2. The van der Waals surface area contributed by atoms with Crippen LogP contribution in [0.1, 0.15) is 52.7 Å². The van der Waals surface area contributed by atoms with E-state index in [4.69, 9.17) is 9.10 Å². The van der Waals surface area contributed by atoms with Crippen LogP contribution in [0, 0.1) is 12.1 Å². The zero-order chi connectivity index (χ0) is 37.7. The zero-order valence-corrected chi connectivity index (χ0v) is 31.9. The van der Waals surface area contributed by atoms with E-state index in [2.05, 4.69) is 152 Å². The normalized spacial score (nSPS) is 15.3. The topological polar surface area (TPSA) is 24.3 Å². The van der Waals surface area contributed by atoms with Gasteiger partial charge in [0.15, 0.2) is 0 Å². The van der Waals surface area contributed by atoms with Crippen LogP contribution < -0.4 is 9.80 Å². The maximum Gasteiger partial charge on any atom is 2.00 e. The molecule has 0 atom stereocenters. The molecule has 0 radical (unpaired) electrons. The van der Waals surface area contributed by atoms with E-state index in [0.717, 1.165) is 61.3 Å². The van der Waals surface area contributed by atoms with Crippen LogP contribution in [0.2, 0.25) is 0 Å². The van der Waals surface area contributed by atoms with Crippen LogP contribution in [-0.4, -0.2) is 23.2 Å². The monoisotopic (exact) mass is 868 g/mol. The number of fused-ring (bicyclic) bond motifs is 7. The summed E-state index contributed by atoms with van der Waals surface area (Å²) in [7, 11) is 0. The predicted molar refractivity (Wildman–Crippen MR) is 214 cm³/mol. The van der Waals surface area contributed by atoms with Crippen molar-refractivity contribution in [2.45, 2.75) is 31.6 Å². The Morgan fingerprint density at radius 1 is 0.679 bits per heavy atom. The summed E-state index contributed by atoms with van der Waals surface area (Å²) >= 11 is 0. The van der Waals surface area contributed by atoms with Gasteiger partial charge in [-0.15, -0.1) is 22.6 Å². The Labute approximate surface area is 329 Å². The number of hydrogen-bond acceptors (Lipinski definition) is 3. The molecule has 8 aromatic rings. The molecule has 0 saturated carbocycles. The standard InChI is InChI=1S/C48H38N4.Pt/c1-47(2,3)32-26-27-49-46(30-32)52-42-21-10-7-18-38(42)39-25-24-34(29-45(39)52)48(40-19-8-5-16-36(40)37-17-6-9-20-41(37)48)33-14-13-15-35(28-33)51-31-50(4)43-22-11-12-23-44(43)51;/h5-27,30H,31H2,1-4H3;/q-2;+2/i4D3;. The van der Waals surface area contributed by atoms with E-state index in [1.807, 2.05) is 36.5 Å². The van der Waals surface area contributed by atoms with Gasteiger partial charge in [-0.1, -0.05) is 111 Å². The van der Waals surface area contributed by atoms with E-state index in [9.17, 15) is 0 Å². The van der Waals surface area contributed by atoms with E-state index in [1.54, 1.807) is 0 Å². The van der Waals surface area contributed by atoms with Gasteiger partial charge in [0.2, 0.25) is 0 Å². The van der Waals surface area contributed by atoms with Crippen LogP contribution in [0.3, 0.4) is 0 Å². The maximum absolute atomic E-state index is 8.34. The van der Waals surface area contributed by atoms with Gasteiger partial charge < -0.3 is 14.4 Å². The van der Waals surface area contributed by atoms with E-state index in [-0.39, 0.29) is 33.1 Å². The average molecular weight is 869 g/mol. The van der Waals surface area contributed by atoms with Crippen molar-refractivity contribution in [2.75, 3.05) is 23.4 Å². The molecule has 0 unspecified atom stereocenters. The van der Waals surface area contributed by atoms with Crippen LogP contribution in [0.5, 0.6) is 0 Å². The van der Waals surface area contributed by atoms with Crippen molar-refractivity contribution in [1.82, 2.24) is 9.55 Å². The molecule has 0 spiro atoms. The number of para-hydroxylation sites is 3. The second-order valence-corrected chi connectivity index (χ2v) is 14.9. The predicted octanol–water partition coefficient (Wildman–Crippen LogP) is 11.0. The van der Waals surface area contributed by atoms with Gasteiger partial charge in [0.05, 0.1) is 18.0 Å². The van der Waals surface area contributed by atoms with Crippen molar-refractivity contribution >= 4 is 38.9 Å². The van der Waals surface area contributed by atoms with E-state index in [0.29, 0.717) is 5.69 Å². The first kappa shape index (κ1) is 30.1. The van der Waals surface area contributed by atoms with Crippen LogP contribution in [0.25, 0.3) is 38.8 Å². The van der Waals surface area contributed by atoms with Crippen molar-refractivity contribution in [1.29, 1.82) is 0 Å². The largest absolute Gasteiger partial charge is 2.00 e. The first-order valence-electron chi connectivity index (χ1n) is 19.3. The van der Waals surface area contributed by atoms with E-state index >= 15 is 0 Å². The van der Waals surface area contributed by atoms with Crippen LogP contribution in [0.4, 0.5) is 17.1 Å². The number of pyridine rings is 1. The molecule has 6 aromatic carbocycles. The number of rotatable bonds is 4. The average Bonchev–Trinajstić information content (AvgIpc) is 3.85. The molecule has 5 heteroatoms. The van der Waals surface area contributed by atoms with Crippen LogP contribution in [-0.2, 0) is 31.9 Å². The fourth-order valence-electron chi connectivity index (χ4n) is 8.57. The number of anilines is 3. The third kappa shape index (κ3) is 4.89. The molecule has 2 aromatic heterocycles. The molecule has 2 aliphatic rings. The third-order valence-corrected chi connectivity index (χ3v) is 11.0. The summed E-state index contributed by atoms with van der Waals surface area (Å²) in [6.45, 7) is 4.58. The molecule has 260 valence electrons. The molecule has 0 fully saturated rings. The fraction of sp³-hybridized carbons (Fsp3) is 0.146. The molecule has 3 heterocycles. The van der Waals surface area contributed by atoms with Gasteiger partial charge in [0, 0.05) is 28.2 Å². The molecule has 1 aliphatic carbocycles. The molecular formula is C48H38N4Pt. The summed E-state index contributed by atoms with van der Waals surface area (Å²) in [6, 6.07) is 56.6. The Morgan fingerprint density at radius 3 is 2.11 bits per heavy atom. The molecule has 10 rings (SSSR count). The second kappa shape index (κ2) is 12.3.